The third kappa shape index (κ3) is 3.44. The maximum absolute atomic E-state index is 13.0. The van der Waals surface area contributed by atoms with E-state index in [1.54, 1.807) is 6.92 Å². The summed E-state index contributed by atoms with van der Waals surface area (Å²) in [6.45, 7) is 3.86. The Kier molecular flexibility index (Phi) is 4.51. The molecule has 3 heteroatoms. The van der Waals surface area contributed by atoms with Crippen molar-refractivity contribution in [1.82, 2.24) is 0 Å². The number of amides is 1. The molecule has 2 aromatic carbocycles. The number of anilines is 1. The maximum atomic E-state index is 13.0. The molecule has 2 aromatic rings. The number of halogens is 1. The number of rotatable bonds is 4. The molecule has 2 nitrogen and oxygen atoms in total. The van der Waals surface area contributed by atoms with Crippen LogP contribution in [0.1, 0.15) is 34.8 Å². The lowest BCUT2D eigenvalue weighted by atomic mass is 10.1. The lowest BCUT2D eigenvalue weighted by Gasteiger charge is -2.08. The van der Waals surface area contributed by atoms with Crippen LogP contribution in [0, 0.1) is 12.7 Å². The number of benzene rings is 2. The van der Waals surface area contributed by atoms with E-state index < -0.39 is 0 Å². The second-order valence-corrected chi connectivity index (χ2v) is 4.86. The molecular weight excluding hydrogens is 253 g/mol. The zero-order chi connectivity index (χ0) is 14.5. The van der Waals surface area contributed by atoms with Gasteiger partial charge < -0.3 is 5.32 Å². The van der Waals surface area contributed by atoms with Gasteiger partial charge in [0, 0.05) is 11.3 Å². The van der Waals surface area contributed by atoms with Gasteiger partial charge in [-0.25, -0.2) is 4.39 Å². The highest BCUT2D eigenvalue weighted by Crippen LogP contribution is 2.15. The van der Waals surface area contributed by atoms with Gasteiger partial charge in [0.05, 0.1) is 0 Å². The number of carbonyl (C=O) groups is 1. The first-order valence-corrected chi connectivity index (χ1v) is 6.76. The van der Waals surface area contributed by atoms with Crippen LogP contribution < -0.4 is 5.32 Å². The van der Waals surface area contributed by atoms with Crippen molar-refractivity contribution in [3.8, 4) is 0 Å². The van der Waals surface area contributed by atoms with Crippen molar-refractivity contribution in [3.05, 3.63) is 65.0 Å². The van der Waals surface area contributed by atoms with Gasteiger partial charge in [-0.15, -0.1) is 0 Å². The molecule has 0 aliphatic heterocycles. The summed E-state index contributed by atoms with van der Waals surface area (Å²) in [6, 6.07) is 12.0. The standard InChI is InChI=1S/C17H18FNO/c1-3-4-13-5-8-15(9-6-13)19-17(20)16-10-7-14(18)11-12(16)2/h5-11H,3-4H2,1-2H3,(H,19,20). The summed E-state index contributed by atoms with van der Waals surface area (Å²) in [7, 11) is 0. The van der Waals surface area contributed by atoms with Crippen molar-refractivity contribution in [1.29, 1.82) is 0 Å². The first-order chi connectivity index (χ1) is 9.60. The van der Waals surface area contributed by atoms with E-state index in [1.807, 2.05) is 24.3 Å². The third-order valence-electron chi connectivity index (χ3n) is 3.18. The monoisotopic (exact) mass is 271 g/mol. The van der Waals surface area contributed by atoms with Gasteiger partial charge in [0.25, 0.3) is 5.91 Å². The van der Waals surface area contributed by atoms with Gasteiger partial charge in [0.2, 0.25) is 0 Å². The lowest BCUT2D eigenvalue weighted by molar-refractivity contribution is 0.102. The van der Waals surface area contributed by atoms with Gasteiger partial charge in [0.15, 0.2) is 0 Å². The molecule has 2 rings (SSSR count). The predicted octanol–water partition coefficient (Wildman–Crippen LogP) is 4.34. The molecule has 0 atom stereocenters. The van der Waals surface area contributed by atoms with E-state index in [0.29, 0.717) is 11.1 Å². The van der Waals surface area contributed by atoms with Crippen LogP contribution >= 0.6 is 0 Å². The molecule has 0 aliphatic rings. The average molecular weight is 271 g/mol. The number of aryl methyl sites for hydroxylation is 2. The van der Waals surface area contributed by atoms with Crippen LogP contribution in [-0.4, -0.2) is 5.91 Å². The predicted molar refractivity (Wildman–Crippen MR) is 79.5 cm³/mol. The Hall–Kier alpha value is -2.16. The third-order valence-corrected chi connectivity index (χ3v) is 3.18. The van der Waals surface area contributed by atoms with Gasteiger partial charge in [-0.3, -0.25) is 4.79 Å². The smallest absolute Gasteiger partial charge is 0.255 e. The van der Waals surface area contributed by atoms with Gasteiger partial charge in [-0.05, 0) is 54.8 Å². The number of nitrogens with one attached hydrogen (secondary N) is 1. The molecule has 0 aromatic heterocycles. The zero-order valence-electron chi connectivity index (χ0n) is 11.7. The van der Waals surface area contributed by atoms with E-state index in [-0.39, 0.29) is 11.7 Å². The van der Waals surface area contributed by atoms with Crippen molar-refractivity contribution < 1.29 is 9.18 Å². The molecule has 1 N–H and O–H groups in total. The number of hydrogen-bond acceptors (Lipinski definition) is 1. The Balaban J connectivity index is 2.11. The van der Waals surface area contributed by atoms with Gasteiger partial charge in [0.1, 0.15) is 5.82 Å². The molecule has 1 amide bonds. The number of hydrogen-bond donors (Lipinski definition) is 1. The Bertz CT molecular complexity index is 605. The first kappa shape index (κ1) is 14.3. The van der Waals surface area contributed by atoms with Crippen LogP contribution in [0.2, 0.25) is 0 Å². The van der Waals surface area contributed by atoms with Crippen LogP contribution in [0.15, 0.2) is 42.5 Å². The van der Waals surface area contributed by atoms with Crippen molar-refractivity contribution in [2.75, 3.05) is 5.32 Å². The van der Waals surface area contributed by atoms with Crippen LogP contribution in [-0.2, 0) is 6.42 Å². The Morgan fingerprint density at radius 1 is 1.15 bits per heavy atom. The quantitative estimate of drug-likeness (QED) is 0.880. The van der Waals surface area contributed by atoms with Gasteiger partial charge in [-0.1, -0.05) is 25.5 Å². The van der Waals surface area contributed by atoms with E-state index in [2.05, 4.69) is 12.2 Å². The van der Waals surface area contributed by atoms with E-state index >= 15 is 0 Å². The molecule has 0 heterocycles. The SMILES string of the molecule is CCCc1ccc(NC(=O)c2ccc(F)cc2C)cc1. The Morgan fingerprint density at radius 3 is 2.45 bits per heavy atom. The highest BCUT2D eigenvalue weighted by Gasteiger charge is 2.09. The van der Waals surface area contributed by atoms with Crippen molar-refractivity contribution in [2.45, 2.75) is 26.7 Å². The second kappa shape index (κ2) is 6.33. The molecule has 0 unspecified atom stereocenters. The van der Waals surface area contributed by atoms with Crippen molar-refractivity contribution in [3.63, 3.8) is 0 Å². The molecule has 0 radical (unpaired) electrons. The molecule has 0 aliphatic carbocycles. The van der Waals surface area contributed by atoms with E-state index in [4.69, 9.17) is 0 Å². The van der Waals surface area contributed by atoms with Crippen LogP contribution in [0.25, 0.3) is 0 Å². The largest absolute Gasteiger partial charge is 0.322 e. The van der Waals surface area contributed by atoms with Crippen molar-refractivity contribution in [2.24, 2.45) is 0 Å². The van der Waals surface area contributed by atoms with E-state index in [9.17, 15) is 9.18 Å². The van der Waals surface area contributed by atoms with Crippen LogP contribution in [0.3, 0.4) is 0 Å². The average Bonchev–Trinajstić information content (AvgIpc) is 2.41. The minimum absolute atomic E-state index is 0.217. The Labute approximate surface area is 118 Å². The molecule has 0 saturated heterocycles. The number of carbonyl (C=O) groups excluding carboxylic acids is 1. The summed E-state index contributed by atoms with van der Waals surface area (Å²) in [4.78, 5) is 12.1. The van der Waals surface area contributed by atoms with Gasteiger partial charge >= 0.3 is 0 Å². The molecule has 0 bridgehead atoms. The minimum atomic E-state index is -0.331. The molecule has 0 spiro atoms. The summed E-state index contributed by atoms with van der Waals surface area (Å²) < 4.78 is 13.0. The molecule has 104 valence electrons. The maximum Gasteiger partial charge on any atom is 0.255 e. The molecular formula is C17H18FNO. The molecule has 20 heavy (non-hydrogen) atoms. The molecule has 0 fully saturated rings. The topological polar surface area (TPSA) is 29.1 Å². The summed E-state index contributed by atoms with van der Waals surface area (Å²) in [5.41, 5.74) is 3.12. The van der Waals surface area contributed by atoms with E-state index in [0.717, 1.165) is 18.5 Å². The zero-order valence-corrected chi connectivity index (χ0v) is 11.7. The van der Waals surface area contributed by atoms with Crippen molar-refractivity contribution >= 4 is 11.6 Å². The highest BCUT2D eigenvalue weighted by atomic mass is 19.1. The summed E-state index contributed by atoms with van der Waals surface area (Å²) in [6.07, 6.45) is 2.13. The summed E-state index contributed by atoms with van der Waals surface area (Å²) >= 11 is 0. The van der Waals surface area contributed by atoms with Crippen LogP contribution in [0.5, 0.6) is 0 Å². The minimum Gasteiger partial charge on any atom is -0.322 e. The van der Waals surface area contributed by atoms with E-state index in [1.165, 1.54) is 23.8 Å². The summed E-state index contributed by atoms with van der Waals surface area (Å²) in [5.74, 6) is -0.547. The first-order valence-electron chi connectivity index (χ1n) is 6.76. The lowest BCUT2D eigenvalue weighted by Crippen LogP contribution is -2.13. The Morgan fingerprint density at radius 2 is 1.85 bits per heavy atom. The highest BCUT2D eigenvalue weighted by molar-refractivity contribution is 6.05. The van der Waals surface area contributed by atoms with Gasteiger partial charge in [-0.2, -0.15) is 0 Å². The van der Waals surface area contributed by atoms with Crippen LogP contribution in [0.4, 0.5) is 10.1 Å². The summed E-state index contributed by atoms with van der Waals surface area (Å²) in [5, 5.41) is 2.83. The molecule has 0 saturated carbocycles. The fourth-order valence-electron chi connectivity index (χ4n) is 2.12. The second-order valence-electron chi connectivity index (χ2n) is 4.86. The fourth-order valence-corrected chi connectivity index (χ4v) is 2.12. The fraction of sp³-hybridized carbons (Fsp3) is 0.235. The normalized spacial score (nSPS) is 10.3.